The molecule has 0 fully saturated rings. The maximum absolute atomic E-state index is 9.72. The van der Waals surface area contributed by atoms with Crippen LogP contribution in [0.15, 0.2) is 12.2 Å². The Hall–Kier alpha value is -1.70. The second-order valence-corrected chi connectivity index (χ2v) is 9.58. The van der Waals surface area contributed by atoms with E-state index in [1.807, 2.05) is 6.08 Å². The molecule has 3 heteroatoms. The number of hydrogen-bond acceptors (Lipinski definition) is 3. The maximum Gasteiger partial charge on any atom is 0.133 e. The van der Waals surface area contributed by atoms with Crippen LogP contribution >= 0.6 is 0 Å². The first-order valence-corrected chi connectivity index (χ1v) is 14.3. The molecule has 0 aliphatic heterocycles. The number of unbranched alkanes of at least 4 members (excludes halogenated alkanes) is 19. The van der Waals surface area contributed by atoms with E-state index in [0.717, 1.165) is 19.3 Å². The lowest BCUT2D eigenvalue weighted by atomic mass is 10.0. The van der Waals surface area contributed by atoms with Crippen molar-refractivity contribution in [2.45, 2.75) is 147 Å². The molecule has 2 atom stereocenters. The average molecular weight is 485 g/mol. The van der Waals surface area contributed by atoms with Crippen LogP contribution in [0.1, 0.15) is 135 Å². The van der Waals surface area contributed by atoms with Crippen molar-refractivity contribution in [2.75, 3.05) is 6.61 Å². The zero-order chi connectivity index (χ0) is 25.7. The summed E-state index contributed by atoms with van der Waals surface area (Å²) < 4.78 is 0. The average Bonchev–Trinajstić information content (AvgIpc) is 2.86. The second kappa shape index (κ2) is 28.5. The fraction of sp³-hybridized carbons (Fsp3) is 0.750. The SMILES string of the molecule is C#CC(O)/C=C/CCCCCCCCCCCCCCCCCCCCCC(O)C#CC#CCO. The summed E-state index contributed by atoms with van der Waals surface area (Å²) in [7, 11) is 0. The summed E-state index contributed by atoms with van der Waals surface area (Å²) in [5.74, 6) is 12.5. The molecule has 0 heterocycles. The van der Waals surface area contributed by atoms with Crippen LogP contribution in [0.5, 0.6) is 0 Å². The molecule has 0 radical (unpaired) electrons. The van der Waals surface area contributed by atoms with Gasteiger partial charge in [0, 0.05) is 0 Å². The summed E-state index contributed by atoms with van der Waals surface area (Å²) in [5.41, 5.74) is 0. The number of rotatable bonds is 23. The maximum atomic E-state index is 9.72. The molecule has 0 aromatic heterocycles. The van der Waals surface area contributed by atoms with E-state index in [2.05, 4.69) is 29.6 Å². The van der Waals surface area contributed by atoms with Crippen LogP contribution in [-0.4, -0.2) is 34.1 Å². The highest BCUT2D eigenvalue weighted by Gasteiger charge is 1.99. The van der Waals surface area contributed by atoms with Gasteiger partial charge >= 0.3 is 0 Å². The van der Waals surface area contributed by atoms with Gasteiger partial charge in [0.05, 0.1) is 0 Å². The lowest BCUT2D eigenvalue weighted by Gasteiger charge is -2.05. The minimum atomic E-state index is -0.721. The molecule has 0 saturated heterocycles. The molecule has 2 unspecified atom stereocenters. The van der Waals surface area contributed by atoms with E-state index in [1.165, 1.54) is 109 Å². The first kappa shape index (κ1) is 33.3. The molecule has 0 rings (SSSR count). The first-order chi connectivity index (χ1) is 17.2. The van der Waals surface area contributed by atoms with Crippen LogP contribution in [0.4, 0.5) is 0 Å². The zero-order valence-corrected chi connectivity index (χ0v) is 22.3. The Bertz CT molecular complexity index is 638. The highest BCUT2D eigenvalue weighted by Crippen LogP contribution is 2.15. The van der Waals surface area contributed by atoms with Crippen molar-refractivity contribution >= 4 is 0 Å². The summed E-state index contributed by atoms with van der Waals surface area (Å²) >= 11 is 0. The van der Waals surface area contributed by atoms with Gasteiger partial charge in [-0.3, -0.25) is 0 Å². The Morgan fingerprint density at radius 3 is 1.46 bits per heavy atom. The van der Waals surface area contributed by atoms with E-state index < -0.39 is 12.2 Å². The molecule has 0 saturated carbocycles. The predicted molar refractivity (Wildman–Crippen MR) is 150 cm³/mol. The molecular weight excluding hydrogens is 432 g/mol. The zero-order valence-electron chi connectivity index (χ0n) is 22.3. The summed E-state index contributed by atoms with van der Waals surface area (Å²) in [5, 5.41) is 27.5. The highest BCUT2D eigenvalue weighted by molar-refractivity contribution is 5.27. The molecule has 0 bridgehead atoms. The van der Waals surface area contributed by atoms with E-state index in [9.17, 15) is 10.2 Å². The van der Waals surface area contributed by atoms with E-state index >= 15 is 0 Å². The number of aliphatic hydroxyl groups excluding tert-OH is 3. The van der Waals surface area contributed by atoms with Gasteiger partial charge in [-0.05, 0) is 43.6 Å². The van der Waals surface area contributed by atoms with Gasteiger partial charge in [0.1, 0.15) is 18.8 Å². The van der Waals surface area contributed by atoms with Crippen LogP contribution in [0.2, 0.25) is 0 Å². The van der Waals surface area contributed by atoms with Crippen molar-refractivity contribution < 1.29 is 15.3 Å². The van der Waals surface area contributed by atoms with Gasteiger partial charge in [0.25, 0.3) is 0 Å². The normalized spacial score (nSPS) is 12.4. The monoisotopic (exact) mass is 484 g/mol. The number of terminal acetylenes is 1. The van der Waals surface area contributed by atoms with E-state index in [0.29, 0.717) is 6.42 Å². The van der Waals surface area contributed by atoms with Crippen LogP contribution in [0.3, 0.4) is 0 Å². The first-order valence-electron chi connectivity index (χ1n) is 14.3. The van der Waals surface area contributed by atoms with Crippen molar-refractivity contribution in [1.29, 1.82) is 0 Å². The minimum absolute atomic E-state index is 0.185. The molecule has 35 heavy (non-hydrogen) atoms. The molecule has 0 aromatic rings. The lowest BCUT2D eigenvalue weighted by molar-refractivity contribution is 0.217. The summed E-state index contributed by atoms with van der Waals surface area (Å²) in [6.45, 7) is -0.185. The van der Waals surface area contributed by atoms with Crippen LogP contribution in [0.25, 0.3) is 0 Å². The van der Waals surface area contributed by atoms with Crippen molar-refractivity contribution in [2.24, 2.45) is 0 Å². The van der Waals surface area contributed by atoms with Crippen molar-refractivity contribution in [1.82, 2.24) is 0 Å². The largest absolute Gasteiger partial charge is 0.384 e. The standard InChI is InChI=1S/C32H52O3/c1-2-31(34)27-23-20-18-16-14-12-10-8-6-4-3-5-7-9-11-13-15-17-19-21-24-28-32(35)29-25-22-26-30-33/h1,23,27,31-35H,3-21,24,28,30H2/b27-23+. The van der Waals surface area contributed by atoms with Crippen LogP contribution in [-0.2, 0) is 0 Å². The minimum Gasteiger partial charge on any atom is -0.384 e. The third-order valence-corrected chi connectivity index (χ3v) is 6.31. The molecule has 0 spiro atoms. The summed E-state index contributed by atoms with van der Waals surface area (Å²) in [6, 6.07) is 0. The van der Waals surface area contributed by atoms with Gasteiger partial charge in [-0.1, -0.05) is 133 Å². The Balaban J connectivity index is 3.19. The van der Waals surface area contributed by atoms with Crippen molar-refractivity contribution in [3.63, 3.8) is 0 Å². The predicted octanol–water partition coefficient (Wildman–Crippen LogP) is 7.09. The van der Waals surface area contributed by atoms with Crippen LogP contribution in [0, 0.1) is 36.0 Å². The van der Waals surface area contributed by atoms with Gasteiger partial charge in [0.15, 0.2) is 0 Å². The smallest absolute Gasteiger partial charge is 0.133 e. The fourth-order valence-corrected chi connectivity index (χ4v) is 4.16. The molecule has 0 aliphatic rings. The number of allylic oxidation sites excluding steroid dienone is 1. The topological polar surface area (TPSA) is 60.7 Å². The Morgan fingerprint density at radius 1 is 0.600 bits per heavy atom. The number of aliphatic hydroxyl groups is 3. The third-order valence-electron chi connectivity index (χ3n) is 6.31. The quantitative estimate of drug-likeness (QED) is 0.0824. The van der Waals surface area contributed by atoms with Gasteiger partial charge in [-0.2, -0.15) is 0 Å². The van der Waals surface area contributed by atoms with Gasteiger partial charge < -0.3 is 15.3 Å². The Labute approximate surface area is 217 Å². The summed E-state index contributed by atoms with van der Waals surface area (Å²) in [4.78, 5) is 0. The molecule has 198 valence electrons. The third kappa shape index (κ3) is 28.4. The van der Waals surface area contributed by atoms with E-state index in [-0.39, 0.29) is 6.61 Å². The molecule has 3 nitrogen and oxygen atoms in total. The van der Waals surface area contributed by atoms with E-state index in [4.69, 9.17) is 11.5 Å². The van der Waals surface area contributed by atoms with E-state index in [1.54, 1.807) is 6.08 Å². The second-order valence-electron chi connectivity index (χ2n) is 9.58. The van der Waals surface area contributed by atoms with Crippen molar-refractivity contribution in [3.05, 3.63) is 12.2 Å². The molecule has 3 N–H and O–H groups in total. The number of hydrogen-bond donors (Lipinski definition) is 3. The Kier molecular flexibility index (Phi) is 27.2. The Morgan fingerprint density at radius 2 is 1.03 bits per heavy atom. The summed E-state index contributed by atoms with van der Waals surface area (Å²) in [6.07, 6.45) is 34.4. The highest BCUT2D eigenvalue weighted by atomic mass is 16.3. The van der Waals surface area contributed by atoms with Gasteiger partial charge in [-0.25, -0.2) is 0 Å². The molecule has 0 amide bonds. The molecule has 0 aromatic carbocycles. The van der Waals surface area contributed by atoms with Crippen molar-refractivity contribution in [3.8, 4) is 36.0 Å². The lowest BCUT2D eigenvalue weighted by Crippen LogP contribution is -2.01. The van der Waals surface area contributed by atoms with Gasteiger partial charge in [0.2, 0.25) is 0 Å². The van der Waals surface area contributed by atoms with Gasteiger partial charge in [-0.15, -0.1) is 6.42 Å². The fourth-order valence-electron chi connectivity index (χ4n) is 4.16. The van der Waals surface area contributed by atoms with Crippen LogP contribution < -0.4 is 0 Å². The molecular formula is C32H52O3. The molecule has 0 aliphatic carbocycles.